The van der Waals surface area contributed by atoms with E-state index in [1.807, 2.05) is 24.3 Å². The van der Waals surface area contributed by atoms with Crippen LogP contribution in [0.3, 0.4) is 0 Å². The van der Waals surface area contributed by atoms with Gasteiger partial charge >= 0.3 is 5.97 Å². The number of aryl methyl sites for hydroxylation is 1. The zero-order chi connectivity index (χ0) is 20.4. The third-order valence-corrected chi connectivity index (χ3v) is 6.01. The number of fused-ring (bicyclic) bond motifs is 1. The van der Waals surface area contributed by atoms with Crippen LogP contribution >= 0.6 is 0 Å². The highest BCUT2D eigenvalue weighted by atomic mass is 16.5. The maximum Gasteiger partial charge on any atom is 0.303 e. The summed E-state index contributed by atoms with van der Waals surface area (Å²) in [5, 5.41) is 11.2. The molecule has 1 saturated carbocycles. The Hall–Kier alpha value is -3.01. The van der Waals surface area contributed by atoms with Gasteiger partial charge in [0.15, 0.2) is 0 Å². The molecular formula is C25H26O4. The van der Waals surface area contributed by atoms with Crippen molar-refractivity contribution in [1.82, 2.24) is 0 Å². The molecule has 4 heteroatoms. The van der Waals surface area contributed by atoms with E-state index in [4.69, 9.17) is 14.6 Å². The predicted octanol–water partition coefficient (Wildman–Crippen LogP) is 5.81. The summed E-state index contributed by atoms with van der Waals surface area (Å²) in [6, 6.07) is 16.4. The number of methoxy groups -OCH3 is 2. The SMILES string of the molecule is COc1ccc(C2CCC2)c(OC)c1-c1cccc2c(CCC(=O)O)cccc12. The smallest absolute Gasteiger partial charge is 0.303 e. The molecule has 0 heterocycles. The molecule has 4 nitrogen and oxygen atoms in total. The Labute approximate surface area is 171 Å². The van der Waals surface area contributed by atoms with E-state index in [-0.39, 0.29) is 6.42 Å². The Kier molecular flexibility index (Phi) is 5.43. The lowest BCUT2D eigenvalue weighted by atomic mass is 9.78. The minimum atomic E-state index is -0.783. The van der Waals surface area contributed by atoms with Crippen LogP contribution in [0.5, 0.6) is 11.5 Å². The van der Waals surface area contributed by atoms with Crippen molar-refractivity contribution in [3.05, 3.63) is 59.7 Å². The Morgan fingerprint density at radius 1 is 1.00 bits per heavy atom. The first-order valence-electron chi connectivity index (χ1n) is 10.1. The minimum Gasteiger partial charge on any atom is -0.496 e. The molecule has 1 aliphatic rings. The van der Waals surface area contributed by atoms with E-state index in [0.29, 0.717) is 12.3 Å². The molecule has 1 N–H and O–H groups in total. The van der Waals surface area contributed by atoms with Gasteiger partial charge in [-0.25, -0.2) is 0 Å². The topological polar surface area (TPSA) is 55.8 Å². The number of carbonyl (C=O) groups is 1. The van der Waals surface area contributed by atoms with Gasteiger partial charge in [-0.3, -0.25) is 4.79 Å². The summed E-state index contributed by atoms with van der Waals surface area (Å²) in [4.78, 5) is 11.1. The second kappa shape index (κ2) is 8.16. The van der Waals surface area contributed by atoms with Gasteiger partial charge in [-0.15, -0.1) is 0 Å². The molecule has 0 amide bonds. The molecule has 0 radical (unpaired) electrons. The molecule has 3 aromatic carbocycles. The number of carboxylic acid groups (broad SMARTS) is 1. The first kappa shape index (κ1) is 19.3. The molecule has 0 atom stereocenters. The molecule has 0 aliphatic heterocycles. The molecule has 0 unspecified atom stereocenters. The number of carboxylic acids is 1. The van der Waals surface area contributed by atoms with Gasteiger partial charge in [-0.1, -0.05) is 48.9 Å². The van der Waals surface area contributed by atoms with Crippen molar-refractivity contribution in [3.8, 4) is 22.6 Å². The molecule has 150 valence electrons. The van der Waals surface area contributed by atoms with Crippen molar-refractivity contribution < 1.29 is 19.4 Å². The fourth-order valence-electron chi connectivity index (χ4n) is 4.32. The summed E-state index contributed by atoms with van der Waals surface area (Å²) in [7, 11) is 3.41. The molecule has 0 spiro atoms. The first-order valence-corrected chi connectivity index (χ1v) is 10.1. The van der Waals surface area contributed by atoms with Gasteiger partial charge in [0.05, 0.1) is 19.8 Å². The summed E-state index contributed by atoms with van der Waals surface area (Å²) < 4.78 is 11.7. The van der Waals surface area contributed by atoms with Gasteiger partial charge in [-0.2, -0.15) is 0 Å². The lowest BCUT2D eigenvalue weighted by Gasteiger charge is -2.29. The molecule has 0 saturated heterocycles. The van der Waals surface area contributed by atoms with Crippen LogP contribution in [0.25, 0.3) is 21.9 Å². The van der Waals surface area contributed by atoms with Crippen LogP contribution in [0.15, 0.2) is 48.5 Å². The largest absolute Gasteiger partial charge is 0.496 e. The third-order valence-electron chi connectivity index (χ3n) is 6.01. The molecule has 1 fully saturated rings. The van der Waals surface area contributed by atoms with Crippen LogP contribution < -0.4 is 9.47 Å². The van der Waals surface area contributed by atoms with Crippen LogP contribution in [0.2, 0.25) is 0 Å². The minimum absolute atomic E-state index is 0.118. The number of hydrogen-bond acceptors (Lipinski definition) is 3. The normalized spacial score (nSPS) is 13.9. The summed E-state index contributed by atoms with van der Waals surface area (Å²) >= 11 is 0. The number of benzene rings is 3. The summed E-state index contributed by atoms with van der Waals surface area (Å²) in [6.45, 7) is 0. The zero-order valence-electron chi connectivity index (χ0n) is 16.9. The van der Waals surface area contributed by atoms with E-state index < -0.39 is 5.97 Å². The van der Waals surface area contributed by atoms with Crippen molar-refractivity contribution in [1.29, 1.82) is 0 Å². The van der Waals surface area contributed by atoms with Crippen LogP contribution in [-0.2, 0) is 11.2 Å². The van der Waals surface area contributed by atoms with Crippen molar-refractivity contribution in [2.24, 2.45) is 0 Å². The first-order chi connectivity index (χ1) is 14.1. The van der Waals surface area contributed by atoms with Crippen LogP contribution in [0, 0.1) is 0 Å². The van der Waals surface area contributed by atoms with Gasteiger partial charge in [0, 0.05) is 6.42 Å². The van der Waals surface area contributed by atoms with Gasteiger partial charge in [-0.05, 0) is 58.7 Å². The maximum absolute atomic E-state index is 11.1. The zero-order valence-corrected chi connectivity index (χ0v) is 16.9. The number of aliphatic carboxylic acids is 1. The highest BCUT2D eigenvalue weighted by Crippen LogP contribution is 2.49. The van der Waals surface area contributed by atoms with Crippen molar-refractivity contribution in [2.75, 3.05) is 14.2 Å². The molecule has 3 aromatic rings. The lowest BCUT2D eigenvalue weighted by Crippen LogP contribution is -2.11. The number of hydrogen-bond donors (Lipinski definition) is 1. The fraction of sp³-hybridized carbons (Fsp3) is 0.320. The predicted molar refractivity (Wildman–Crippen MR) is 115 cm³/mol. The Morgan fingerprint density at radius 3 is 2.41 bits per heavy atom. The number of ether oxygens (including phenoxy) is 2. The second-order valence-corrected chi connectivity index (χ2v) is 7.60. The van der Waals surface area contributed by atoms with E-state index in [1.165, 1.54) is 24.8 Å². The Balaban J connectivity index is 1.92. The second-order valence-electron chi connectivity index (χ2n) is 7.60. The quantitative estimate of drug-likeness (QED) is 0.553. The standard InChI is InChI=1S/C25H26O4/c1-28-22-14-13-19(16-6-3-7-16)25(29-2)24(22)21-11-5-9-18-17(12-15-23(26)27)8-4-10-20(18)21/h4-5,8-11,13-14,16H,3,6-7,12,15H2,1-2H3,(H,26,27). The molecular weight excluding hydrogens is 364 g/mol. The summed E-state index contributed by atoms with van der Waals surface area (Å²) in [6.07, 6.45) is 4.27. The Morgan fingerprint density at radius 2 is 1.76 bits per heavy atom. The lowest BCUT2D eigenvalue weighted by molar-refractivity contribution is -0.136. The van der Waals surface area contributed by atoms with Crippen molar-refractivity contribution in [2.45, 2.75) is 38.0 Å². The summed E-state index contributed by atoms with van der Waals surface area (Å²) in [5.41, 5.74) is 4.31. The molecule has 0 aromatic heterocycles. The van der Waals surface area contributed by atoms with Crippen LogP contribution in [-0.4, -0.2) is 25.3 Å². The van der Waals surface area contributed by atoms with Gasteiger partial charge < -0.3 is 14.6 Å². The van der Waals surface area contributed by atoms with E-state index in [0.717, 1.165) is 39.0 Å². The van der Waals surface area contributed by atoms with Crippen LogP contribution in [0.4, 0.5) is 0 Å². The Bertz CT molecular complexity index is 1050. The van der Waals surface area contributed by atoms with E-state index in [1.54, 1.807) is 14.2 Å². The van der Waals surface area contributed by atoms with Crippen molar-refractivity contribution in [3.63, 3.8) is 0 Å². The molecule has 29 heavy (non-hydrogen) atoms. The molecule has 0 bridgehead atoms. The average Bonchev–Trinajstić information content (AvgIpc) is 2.70. The fourth-order valence-corrected chi connectivity index (χ4v) is 4.32. The van der Waals surface area contributed by atoms with E-state index in [9.17, 15) is 4.79 Å². The third kappa shape index (κ3) is 3.55. The van der Waals surface area contributed by atoms with E-state index >= 15 is 0 Å². The van der Waals surface area contributed by atoms with Gasteiger partial charge in [0.25, 0.3) is 0 Å². The molecule has 4 rings (SSSR count). The van der Waals surface area contributed by atoms with E-state index in [2.05, 4.69) is 24.3 Å². The number of rotatable bonds is 7. The highest BCUT2D eigenvalue weighted by molar-refractivity contribution is 6.01. The van der Waals surface area contributed by atoms with Gasteiger partial charge in [0.2, 0.25) is 0 Å². The highest BCUT2D eigenvalue weighted by Gasteiger charge is 2.27. The van der Waals surface area contributed by atoms with Crippen LogP contribution in [0.1, 0.15) is 42.7 Å². The summed E-state index contributed by atoms with van der Waals surface area (Å²) in [5.74, 6) is 1.43. The average molecular weight is 390 g/mol. The van der Waals surface area contributed by atoms with Crippen molar-refractivity contribution >= 4 is 16.7 Å². The van der Waals surface area contributed by atoms with Gasteiger partial charge in [0.1, 0.15) is 11.5 Å². The maximum atomic E-state index is 11.1. The monoisotopic (exact) mass is 390 g/mol. The molecule has 1 aliphatic carbocycles.